The molecule has 0 radical (unpaired) electrons. The summed E-state index contributed by atoms with van der Waals surface area (Å²) in [5.74, 6) is -1.29. The van der Waals surface area contributed by atoms with E-state index < -0.39 is 34.5 Å². The first-order chi connectivity index (χ1) is 13.8. The Morgan fingerprint density at radius 1 is 1.03 bits per heavy atom. The average molecular weight is 457 g/mol. The maximum absolute atomic E-state index is 12.9. The number of carbonyl (C=O) groups excluding carboxylic acids is 2. The summed E-state index contributed by atoms with van der Waals surface area (Å²) >= 11 is 11.6. The van der Waals surface area contributed by atoms with Crippen LogP contribution in [-0.2, 0) is 24.3 Å². The van der Waals surface area contributed by atoms with Crippen LogP contribution in [0.5, 0.6) is 0 Å². The summed E-state index contributed by atoms with van der Waals surface area (Å²) in [5.41, 5.74) is 0.503. The largest absolute Gasteiger partial charge is 0.454 e. The molecule has 1 aliphatic heterocycles. The fourth-order valence-electron chi connectivity index (χ4n) is 2.97. The molecule has 7 nitrogen and oxygen atoms in total. The summed E-state index contributed by atoms with van der Waals surface area (Å²) in [6, 6.07) is 11.2. The van der Waals surface area contributed by atoms with Crippen molar-refractivity contribution in [1.82, 2.24) is 4.31 Å². The van der Waals surface area contributed by atoms with Crippen molar-refractivity contribution in [3.63, 3.8) is 0 Å². The number of esters is 1. The van der Waals surface area contributed by atoms with E-state index in [1.165, 1.54) is 24.3 Å². The lowest BCUT2D eigenvalue weighted by molar-refractivity contribution is -0.150. The van der Waals surface area contributed by atoms with E-state index in [1.807, 2.05) is 0 Å². The molecule has 1 atom stereocenters. The summed E-state index contributed by atoms with van der Waals surface area (Å²) in [6.07, 6.45) is 0.841. The number of sulfonamides is 1. The lowest BCUT2D eigenvalue weighted by Gasteiger charge is -2.22. The van der Waals surface area contributed by atoms with E-state index in [0.717, 1.165) is 4.31 Å². The third kappa shape index (κ3) is 5.27. The van der Waals surface area contributed by atoms with Crippen LogP contribution in [0.1, 0.15) is 12.8 Å². The maximum Gasteiger partial charge on any atom is 0.324 e. The number of amides is 1. The van der Waals surface area contributed by atoms with E-state index in [4.69, 9.17) is 27.9 Å². The highest BCUT2D eigenvalue weighted by atomic mass is 35.5. The molecule has 1 amide bonds. The van der Waals surface area contributed by atoms with E-state index in [2.05, 4.69) is 5.32 Å². The number of rotatable bonds is 6. The fraction of sp³-hybridized carbons (Fsp3) is 0.263. The summed E-state index contributed by atoms with van der Waals surface area (Å²) in [4.78, 5) is 24.5. The average Bonchev–Trinajstić information content (AvgIpc) is 3.19. The number of nitrogens with one attached hydrogen (secondary N) is 1. The highest BCUT2D eigenvalue weighted by Crippen LogP contribution is 2.27. The molecule has 0 aliphatic carbocycles. The van der Waals surface area contributed by atoms with Crippen molar-refractivity contribution in [1.29, 1.82) is 0 Å². The maximum atomic E-state index is 12.9. The van der Waals surface area contributed by atoms with Crippen LogP contribution in [0.25, 0.3) is 0 Å². The molecule has 0 aromatic heterocycles. The molecule has 0 unspecified atom stereocenters. The second kappa shape index (κ2) is 9.13. The topological polar surface area (TPSA) is 92.8 Å². The molecule has 2 aromatic carbocycles. The molecule has 0 bridgehead atoms. The Labute approximate surface area is 178 Å². The quantitative estimate of drug-likeness (QED) is 0.672. The van der Waals surface area contributed by atoms with Gasteiger partial charge in [0.25, 0.3) is 5.91 Å². The molecule has 10 heteroatoms. The van der Waals surface area contributed by atoms with Crippen LogP contribution in [0.2, 0.25) is 10.0 Å². The number of hydrogen-bond acceptors (Lipinski definition) is 5. The van der Waals surface area contributed by atoms with Crippen LogP contribution in [0.15, 0.2) is 53.4 Å². The van der Waals surface area contributed by atoms with Crippen molar-refractivity contribution < 1.29 is 22.7 Å². The molecule has 0 saturated carbocycles. The first-order valence-corrected chi connectivity index (χ1v) is 11.0. The van der Waals surface area contributed by atoms with Gasteiger partial charge in [-0.25, -0.2) is 8.42 Å². The van der Waals surface area contributed by atoms with Crippen molar-refractivity contribution >= 4 is 50.8 Å². The number of hydrogen-bond donors (Lipinski definition) is 1. The molecular weight excluding hydrogens is 439 g/mol. The van der Waals surface area contributed by atoms with Gasteiger partial charge in [-0.15, -0.1) is 0 Å². The van der Waals surface area contributed by atoms with E-state index >= 15 is 0 Å². The Morgan fingerprint density at radius 2 is 1.62 bits per heavy atom. The third-order valence-electron chi connectivity index (χ3n) is 4.37. The molecule has 2 aromatic rings. The molecule has 3 rings (SSSR count). The van der Waals surface area contributed by atoms with Gasteiger partial charge in [-0.1, -0.05) is 23.2 Å². The van der Waals surface area contributed by atoms with E-state index in [9.17, 15) is 18.0 Å². The van der Waals surface area contributed by atoms with Crippen molar-refractivity contribution in [3.8, 4) is 0 Å². The molecule has 1 N–H and O–H groups in total. The summed E-state index contributed by atoms with van der Waals surface area (Å²) < 4.78 is 31.9. The highest BCUT2D eigenvalue weighted by molar-refractivity contribution is 7.89. The van der Waals surface area contributed by atoms with Crippen molar-refractivity contribution in [3.05, 3.63) is 58.6 Å². The van der Waals surface area contributed by atoms with Crippen LogP contribution in [-0.4, -0.2) is 43.8 Å². The Bertz CT molecular complexity index is 994. The summed E-state index contributed by atoms with van der Waals surface area (Å²) in [7, 11) is -3.88. The zero-order valence-electron chi connectivity index (χ0n) is 15.2. The second-order valence-electron chi connectivity index (χ2n) is 6.39. The van der Waals surface area contributed by atoms with Gasteiger partial charge in [-0.05, 0) is 61.4 Å². The van der Waals surface area contributed by atoms with Gasteiger partial charge in [0.05, 0.1) is 4.90 Å². The Balaban J connectivity index is 1.61. The SMILES string of the molecule is O=C(COC(=O)[C@@H]1CCCN1S(=O)(=O)c1ccc(Cl)cc1)Nc1ccc(Cl)cc1. The number of halogens is 2. The van der Waals surface area contributed by atoms with Gasteiger partial charge in [0, 0.05) is 22.3 Å². The van der Waals surface area contributed by atoms with Crippen LogP contribution < -0.4 is 5.32 Å². The zero-order valence-corrected chi connectivity index (χ0v) is 17.5. The first-order valence-electron chi connectivity index (χ1n) is 8.77. The van der Waals surface area contributed by atoms with Gasteiger partial charge in [-0.2, -0.15) is 4.31 Å². The molecule has 1 aliphatic rings. The highest BCUT2D eigenvalue weighted by Gasteiger charge is 2.40. The monoisotopic (exact) mass is 456 g/mol. The molecule has 154 valence electrons. The van der Waals surface area contributed by atoms with Gasteiger partial charge in [0.2, 0.25) is 10.0 Å². The molecule has 29 heavy (non-hydrogen) atoms. The van der Waals surface area contributed by atoms with Crippen molar-refractivity contribution in [2.45, 2.75) is 23.8 Å². The molecule has 1 fully saturated rings. The minimum atomic E-state index is -3.88. The summed E-state index contributed by atoms with van der Waals surface area (Å²) in [5, 5.41) is 3.50. The number of benzene rings is 2. The van der Waals surface area contributed by atoms with Crippen LogP contribution in [0, 0.1) is 0 Å². The van der Waals surface area contributed by atoms with Crippen molar-refractivity contribution in [2.75, 3.05) is 18.5 Å². The smallest absolute Gasteiger partial charge is 0.324 e. The number of anilines is 1. The van der Waals surface area contributed by atoms with Gasteiger partial charge < -0.3 is 10.1 Å². The van der Waals surface area contributed by atoms with Crippen LogP contribution in [0.3, 0.4) is 0 Å². The number of nitrogens with zero attached hydrogens (tertiary/aromatic N) is 1. The van der Waals surface area contributed by atoms with Crippen LogP contribution >= 0.6 is 23.2 Å². The molecular formula is C19H18Cl2N2O5S. The first kappa shape index (κ1) is 21.6. The predicted molar refractivity (Wildman–Crippen MR) is 109 cm³/mol. The predicted octanol–water partition coefficient (Wildman–Crippen LogP) is 3.33. The minimum absolute atomic E-state index is 0.0436. The van der Waals surface area contributed by atoms with Gasteiger partial charge in [0.1, 0.15) is 6.04 Å². The lowest BCUT2D eigenvalue weighted by Crippen LogP contribution is -2.42. The van der Waals surface area contributed by atoms with E-state index in [-0.39, 0.29) is 11.4 Å². The van der Waals surface area contributed by atoms with E-state index in [0.29, 0.717) is 28.6 Å². The second-order valence-corrected chi connectivity index (χ2v) is 9.15. The van der Waals surface area contributed by atoms with Crippen LogP contribution in [0.4, 0.5) is 5.69 Å². The third-order valence-corrected chi connectivity index (χ3v) is 6.80. The normalized spacial score (nSPS) is 17.1. The van der Waals surface area contributed by atoms with Gasteiger partial charge >= 0.3 is 5.97 Å². The van der Waals surface area contributed by atoms with Crippen molar-refractivity contribution in [2.24, 2.45) is 0 Å². The molecule has 0 spiro atoms. The zero-order chi connectivity index (χ0) is 21.0. The Morgan fingerprint density at radius 3 is 2.24 bits per heavy atom. The lowest BCUT2D eigenvalue weighted by atomic mass is 10.2. The van der Waals surface area contributed by atoms with Gasteiger partial charge in [-0.3, -0.25) is 9.59 Å². The van der Waals surface area contributed by atoms with E-state index in [1.54, 1.807) is 24.3 Å². The summed E-state index contributed by atoms with van der Waals surface area (Å²) in [6.45, 7) is -0.325. The number of ether oxygens (including phenoxy) is 1. The standard InChI is InChI=1S/C19H18Cl2N2O5S/c20-13-3-7-15(8-4-13)22-18(24)12-28-19(25)17-2-1-11-23(17)29(26,27)16-9-5-14(21)6-10-16/h3-10,17H,1-2,11-12H2,(H,22,24)/t17-/m0/s1. The fourth-order valence-corrected chi connectivity index (χ4v) is 4.87. The molecule has 1 saturated heterocycles. The Kier molecular flexibility index (Phi) is 6.79. The minimum Gasteiger partial charge on any atom is -0.454 e. The number of carbonyl (C=O) groups is 2. The molecule has 1 heterocycles. The van der Waals surface area contributed by atoms with Gasteiger partial charge in [0.15, 0.2) is 6.61 Å². The Hall–Kier alpha value is -2.13.